The summed E-state index contributed by atoms with van der Waals surface area (Å²) in [5.41, 5.74) is 3.41. The fourth-order valence-electron chi connectivity index (χ4n) is 2.11. The number of nitrogen functional groups attached to an aromatic ring is 1. The summed E-state index contributed by atoms with van der Waals surface area (Å²) in [5.74, 6) is 6.71. The van der Waals surface area contributed by atoms with Crippen molar-refractivity contribution in [3.63, 3.8) is 0 Å². The molecular formula is C13H17N5S. The van der Waals surface area contributed by atoms with Crippen LogP contribution in [0.4, 0.5) is 11.8 Å². The van der Waals surface area contributed by atoms with Gasteiger partial charge in [-0.1, -0.05) is 12.1 Å². The largest absolute Gasteiger partial charge is 0.368 e. The molecule has 1 aliphatic carbocycles. The Labute approximate surface area is 116 Å². The van der Waals surface area contributed by atoms with Gasteiger partial charge in [-0.3, -0.25) is 5.43 Å². The van der Waals surface area contributed by atoms with E-state index >= 15 is 0 Å². The van der Waals surface area contributed by atoms with Gasteiger partial charge in [0.15, 0.2) is 0 Å². The van der Waals surface area contributed by atoms with Gasteiger partial charge in [0.05, 0.1) is 5.52 Å². The van der Waals surface area contributed by atoms with Gasteiger partial charge in [-0.2, -0.15) is 16.7 Å². The number of benzene rings is 1. The predicted molar refractivity (Wildman–Crippen MR) is 81.3 cm³/mol. The lowest BCUT2D eigenvalue weighted by atomic mass is 10.2. The number of thioether (sulfide) groups is 1. The smallest absolute Gasteiger partial charge is 0.239 e. The van der Waals surface area contributed by atoms with Crippen LogP contribution in [-0.4, -0.2) is 27.5 Å². The van der Waals surface area contributed by atoms with E-state index in [1.807, 2.05) is 36.0 Å². The SMILES string of the molecule is CSC1(CNc2nc(NN)nc3ccccc23)CC1. The molecule has 5 nitrogen and oxygen atoms in total. The van der Waals surface area contributed by atoms with Gasteiger partial charge < -0.3 is 5.32 Å². The van der Waals surface area contributed by atoms with Crippen molar-refractivity contribution in [2.45, 2.75) is 17.6 Å². The number of anilines is 2. The van der Waals surface area contributed by atoms with Crippen molar-refractivity contribution in [1.82, 2.24) is 9.97 Å². The summed E-state index contributed by atoms with van der Waals surface area (Å²) in [5, 5.41) is 4.47. The van der Waals surface area contributed by atoms with Crippen LogP contribution in [0.5, 0.6) is 0 Å². The van der Waals surface area contributed by atoms with Crippen LogP contribution in [0, 0.1) is 0 Å². The highest BCUT2D eigenvalue weighted by Crippen LogP contribution is 2.47. The average Bonchev–Trinajstić information content (AvgIpc) is 3.25. The third kappa shape index (κ3) is 2.46. The fraction of sp³-hybridized carbons (Fsp3) is 0.385. The third-order valence-electron chi connectivity index (χ3n) is 3.55. The lowest BCUT2D eigenvalue weighted by Gasteiger charge is -2.15. The maximum Gasteiger partial charge on any atom is 0.239 e. The number of para-hydroxylation sites is 1. The molecular weight excluding hydrogens is 258 g/mol. The van der Waals surface area contributed by atoms with E-state index in [9.17, 15) is 0 Å². The third-order valence-corrected chi connectivity index (χ3v) is 4.97. The van der Waals surface area contributed by atoms with Crippen molar-refractivity contribution in [3.05, 3.63) is 24.3 Å². The molecule has 0 amide bonds. The van der Waals surface area contributed by atoms with Gasteiger partial charge in [-0.15, -0.1) is 0 Å². The number of nitrogens with two attached hydrogens (primary N) is 1. The van der Waals surface area contributed by atoms with Crippen molar-refractivity contribution < 1.29 is 0 Å². The lowest BCUT2D eigenvalue weighted by molar-refractivity contribution is 0.941. The summed E-state index contributed by atoms with van der Waals surface area (Å²) < 4.78 is 0.391. The van der Waals surface area contributed by atoms with Gasteiger partial charge in [0.25, 0.3) is 0 Å². The van der Waals surface area contributed by atoms with Crippen LogP contribution in [0.15, 0.2) is 24.3 Å². The number of hydrogen-bond donors (Lipinski definition) is 3. The first-order valence-corrected chi connectivity index (χ1v) is 7.51. The van der Waals surface area contributed by atoms with Gasteiger partial charge in [0.1, 0.15) is 5.82 Å². The Morgan fingerprint density at radius 3 is 2.79 bits per heavy atom. The molecule has 0 atom stereocenters. The van der Waals surface area contributed by atoms with E-state index in [0.29, 0.717) is 10.7 Å². The molecule has 0 aliphatic heterocycles. The van der Waals surface area contributed by atoms with Crippen LogP contribution in [0.1, 0.15) is 12.8 Å². The molecule has 1 saturated carbocycles. The van der Waals surface area contributed by atoms with Gasteiger partial charge >= 0.3 is 0 Å². The molecule has 100 valence electrons. The van der Waals surface area contributed by atoms with Crippen molar-refractivity contribution in [1.29, 1.82) is 0 Å². The first kappa shape index (κ1) is 12.5. The monoisotopic (exact) mass is 275 g/mol. The number of fused-ring (bicyclic) bond motifs is 1. The zero-order chi connectivity index (χ0) is 13.3. The van der Waals surface area contributed by atoms with Crippen molar-refractivity contribution in [3.8, 4) is 0 Å². The summed E-state index contributed by atoms with van der Waals surface area (Å²) in [7, 11) is 0. The number of hydrazine groups is 1. The topological polar surface area (TPSA) is 75.9 Å². The standard InChI is InChI=1S/C13H17N5S/c1-19-13(6-7-13)8-15-11-9-4-2-3-5-10(9)16-12(17-11)18-14/h2-5H,6-8,14H2,1H3,(H2,15,16,17,18). The van der Waals surface area contributed by atoms with Crippen LogP contribution >= 0.6 is 11.8 Å². The second-order valence-corrected chi connectivity index (χ2v) is 6.07. The summed E-state index contributed by atoms with van der Waals surface area (Å²) >= 11 is 1.93. The molecule has 0 unspecified atom stereocenters. The maximum absolute atomic E-state index is 5.42. The highest BCUT2D eigenvalue weighted by atomic mass is 32.2. The zero-order valence-corrected chi connectivity index (χ0v) is 11.6. The Bertz CT molecular complexity index is 597. The molecule has 1 aromatic heterocycles. The highest BCUT2D eigenvalue weighted by Gasteiger charge is 2.41. The molecule has 1 aliphatic rings. The van der Waals surface area contributed by atoms with Gasteiger partial charge in [-0.25, -0.2) is 10.8 Å². The quantitative estimate of drug-likeness (QED) is 0.574. The molecule has 6 heteroatoms. The molecule has 0 saturated heterocycles. The summed E-state index contributed by atoms with van der Waals surface area (Å²) in [4.78, 5) is 8.76. The average molecular weight is 275 g/mol. The first-order valence-electron chi connectivity index (χ1n) is 6.29. The van der Waals surface area contributed by atoms with E-state index in [-0.39, 0.29) is 0 Å². The van der Waals surface area contributed by atoms with Crippen molar-refractivity contribution in [2.24, 2.45) is 5.84 Å². The Hall–Kier alpha value is -1.53. The second kappa shape index (κ2) is 4.86. The number of rotatable bonds is 5. The van der Waals surface area contributed by atoms with Crippen LogP contribution < -0.4 is 16.6 Å². The molecule has 3 rings (SSSR count). The zero-order valence-electron chi connectivity index (χ0n) is 10.8. The fourth-order valence-corrected chi connectivity index (χ4v) is 2.84. The van der Waals surface area contributed by atoms with E-state index in [1.165, 1.54) is 12.8 Å². The molecule has 19 heavy (non-hydrogen) atoms. The van der Waals surface area contributed by atoms with Crippen LogP contribution in [0.3, 0.4) is 0 Å². The lowest BCUT2D eigenvalue weighted by Crippen LogP contribution is -2.19. The van der Waals surface area contributed by atoms with E-state index in [1.54, 1.807) is 0 Å². The van der Waals surface area contributed by atoms with Crippen LogP contribution in [0.2, 0.25) is 0 Å². The Morgan fingerprint density at radius 1 is 1.32 bits per heavy atom. The van der Waals surface area contributed by atoms with Gasteiger partial charge in [0.2, 0.25) is 5.95 Å². The van der Waals surface area contributed by atoms with Crippen LogP contribution in [-0.2, 0) is 0 Å². The molecule has 4 N–H and O–H groups in total. The molecule has 2 aromatic rings. The van der Waals surface area contributed by atoms with Gasteiger partial charge in [0, 0.05) is 16.7 Å². The Balaban J connectivity index is 1.92. The molecule has 1 aromatic carbocycles. The second-order valence-electron chi connectivity index (χ2n) is 4.80. The molecule has 1 heterocycles. The van der Waals surface area contributed by atoms with Gasteiger partial charge in [-0.05, 0) is 31.2 Å². The number of nitrogens with zero attached hydrogens (tertiary/aromatic N) is 2. The Kier molecular flexibility index (Phi) is 3.20. The predicted octanol–water partition coefficient (Wildman–Crippen LogP) is 2.22. The minimum atomic E-state index is 0.391. The number of aromatic nitrogens is 2. The minimum Gasteiger partial charge on any atom is -0.368 e. The van der Waals surface area contributed by atoms with Crippen LogP contribution in [0.25, 0.3) is 10.9 Å². The molecule has 0 spiro atoms. The van der Waals surface area contributed by atoms with E-state index in [0.717, 1.165) is 23.3 Å². The normalized spacial score (nSPS) is 16.3. The molecule has 0 radical (unpaired) electrons. The van der Waals surface area contributed by atoms with Crippen molar-refractivity contribution in [2.75, 3.05) is 23.5 Å². The first-order chi connectivity index (χ1) is 9.26. The van der Waals surface area contributed by atoms with E-state index < -0.39 is 0 Å². The number of hydrogen-bond acceptors (Lipinski definition) is 6. The van der Waals surface area contributed by atoms with E-state index in [4.69, 9.17) is 5.84 Å². The van der Waals surface area contributed by atoms with Crippen molar-refractivity contribution >= 4 is 34.4 Å². The summed E-state index contributed by atoms with van der Waals surface area (Å²) in [6, 6.07) is 7.94. The highest BCUT2D eigenvalue weighted by molar-refractivity contribution is 8.00. The Morgan fingerprint density at radius 2 is 2.11 bits per heavy atom. The maximum atomic E-state index is 5.42. The van der Waals surface area contributed by atoms with E-state index in [2.05, 4.69) is 27.0 Å². The summed E-state index contributed by atoms with van der Waals surface area (Å²) in [6.45, 7) is 0.930. The molecule has 0 bridgehead atoms. The molecule has 1 fully saturated rings. The summed E-state index contributed by atoms with van der Waals surface area (Å²) in [6.07, 6.45) is 4.71. The number of nitrogens with one attached hydrogen (secondary N) is 2. The minimum absolute atomic E-state index is 0.391.